The van der Waals surface area contributed by atoms with Gasteiger partial charge >= 0.3 is 0 Å². The molecular weight excluding hydrogens is 362 g/mol. The van der Waals surface area contributed by atoms with E-state index in [2.05, 4.69) is 0 Å². The van der Waals surface area contributed by atoms with E-state index in [1.807, 2.05) is 13.8 Å². The molecule has 0 N–H and O–H groups in total. The van der Waals surface area contributed by atoms with Gasteiger partial charge in [-0.05, 0) is 35.7 Å². The van der Waals surface area contributed by atoms with Crippen molar-refractivity contribution in [2.75, 3.05) is 13.1 Å². The average Bonchev–Trinajstić information content (AvgIpc) is 2.83. The number of carbonyl (C=O) groups is 2. The first-order valence-electron chi connectivity index (χ1n) is 9.44. The van der Waals surface area contributed by atoms with Gasteiger partial charge in [-0.1, -0.05) is 38.1 Å². The molecule has 4 nitrogen and oxygen atoms in total. The molecule has 1 aliphatic heterocycles. The molecule has 1 atom stereocenters. The molecule has 3 rings (SSSR count). The number of nitrogens with zero attached hydrogens (tertiary/aromatic N) is 2. The van der Waals surface area contributed by atoms with Crippen molar-refractivity contribution in [3.63, 3.8) is 0 Å². The van der Waals surface area contributed by atoms with Crippen LogP contribution >= 0.6 is 0 Å². The maximum Gasteiger partial charge on any atom is 0.256 e. The molecule has 2 aromatic carbocycles. The Morgan fingerprint density at radius 1 is 1.11 bits per heavy atom. The maximum absolute atomic E-state index is 14.1. The fourth-order valence-electron chi connectivity index (χ4n) is 3.53. The second kappa shape index (κ2) is 8.50. The molecule has 28 heavy (non-hydrogen) atoms. The summed E-state index contributed by atoms with van der Waals surface area (Å²) in [6.45, 7) is 4.91. The second-order valence-electron chi connectivity index (χ2n) is 7.44. The van der Waals surface area contributed by atoms with Crippen LogP contribution in [0.15, 0.2) is 48.5 Å². The molecule has 2 aromatic rings. The molecule has 1 saturated heterocycles. The van der Waals surface area contributed by atoms with Gasteiger partial charge in [0.1, 0.15) is 11.6 Å². The third-order valence-corrected chi connectivity index (χ3v) is 5.15. The first-order chi connectivity index (χ1) is 13.4. The monoisotopic (exact) mass is 386 g/mol. The summed E-state index contributed by atoms with van der Waals surface area (Å²) in [5.74, 6) is -1.26. The summed E-state index contributed by atoms with van der Waals surface area (Å²) in [4.78, 5) is 29.0. The lowest BCUT2D eigenvalue weighted by molar-refractivity contribution is -0.134. The van der Waals surface area contributed by atoms with Crippen molar-refractivity contribution in [1.82, 2.24) is 9.80 Å². The predicted molar refractivity (Wildman–Crippen MR) is 102 cm³/mol. The van der Waals surface area contributed by atoms with E-state index < -0.39 is 11.7 Å². The molecule has 1 aliphatic rings. The maximum atomic E-state index is 14.1. The summed E-state index contributed by atoms with van der Waals surface area (Å²) in [5.41, 5.74) is 0.846. The quantitative estimate of drug-likeness (QED) is 0.801. The number of halogens is 2. The van der Waals surface area contributed by atoms with Crippen molar-refractivity contribution in [3.8, 4) is 0 Å². The van der Waals surface area contributed by atoms with Crippen LogP contribution in [-0.4, -0.2) is 40.7 Å². The Bertz CT molecular complexity index is 852. The standard InChI is InChI=1S/C22H24F2N2O2/c1-15(2)20-14-25(22(28)18-5-3-4-6-19(18)24)12-11-21(27)26(20)13-16-7-9-17(23)10-8-16/h3-10,15,20H,11-14H2,1-2H3/t20-/m1/s1. The SMILES string of the molecule is CC(C)[C@H]1CN(C(=O)c2ccccc2F)CCC(=O)N1Cc1ccc(F)cc1. The summed E-state index contributed by atoms with van der Waals surface area (Å²) in [5, 5.41) is 0. The molecule has 6 heteroatoms. The van der Waals surface area contributed by atoms with E-state index >= 15 is 0 Å². The van der Waals surface area contributed by atoms with Crippen molar-refractivity contribution in [1.29, 1.82) is 0 Å². The number of carbonyl (C=O) groups excluding carboxylic acids is 2. The molecular formula is C22H24F2N2O2. The third-order valence-electron chi connectivity index (χ3n) is 5.15. The lowest BCUT2D eigenvalue weighted by Crippen LogP contribution is -2.47. The minimum Gasteiger partial charge on any atom is -0.336 e. The highest BCUT2D eigenvalue weighted by Crippen LogP contribution is 2.23. The summed E-state index contributed by atoms with van der Waals surface area (Å²) in [7, 11) is 0. The van der Waals surface area contributed by atoms with E-state index in [9.17, 15) is 18.4 Å². The van der Waals surface area contributed by atoms with Crippen LogP contribution < -0.4 is 0 Å². The number of amides is 2. The minimum absolute atomic E-state index is 0.0180. The van der Waals surface area contributed by atoms with Gasteiger partial charge in [0, 0.05) is 26.1 Å². The number of hydrogen-bond acceptors (Lipinski definition) is 2. The van der Waals surface area contributed by atoms with Crippen LogP contribution in [0.1, 0.15) is 36.2 Å². The highest BCUT2D eigenvalue weighted by Gasteiger charge is 2.34. The number of hydrogen-bond donors (Lipinski definition) is 0. The first-order valence-corrected chi connectivity index (χ1v) is 9.44. The van der Waals surface area contributed by atoms with Crippen LogP contribution in [0.5, 0.6) is 0 Å². The largest absolute Gasteiger partial charge is 0.336 e. The van der Waals surface area contributed by atoms with Crippen LogP contribution in [0.3, 0.4) is 0 Å². The molecule has 0 radical (unpaired) electrons. The van der Waals surface area contributed by atoms with Gasteiger partial charge in [-0.25, -0.2) is 8.78 Å². The van der Waals surface area contributed by atoms with E-state index in [1.165, 1.54) is 24.3 Å². The van der Waals surface area contributed by atoms with Crippen LogP contribution in [-0.2, 0) is 11.3 Å². The molecule has 0 bridgehead atoms. The molecule has 1 fully saturated rings. The molecule has 1 heterocycles. The van der Waals surface area contributed by atoms with Gasteiger partial charge in [0.15, 0.2) is 0 Å². The molecule has 2 amide bonds. The van der Waals surface area contributed by atoms with Crippen LogP contribution in [0.25, 0.3) is 0 Å². The second-order valence-corrected chi connectivity index (χ2v) is 7.44. The molecule has 0 unspecified atom stereocenters. The Balaban J connectivity index is 1.84. The Morgan fingerprint density at radius 3 is 2.43 bits per heavy atom. The Morgan fingerprint density at radius 2 is 1.79 bits per heavy atom. The van der Waals surface area contributed by atoms with Crippen molar-refractivity contribution in [2.24, 2.45) is 5.92 Å². The van der Waals surface area contributed by atoms with Gasteiger partial charge in [0.25, 0.3) is 5.91 Å². The Labute approximate surface area is 163 Å². The number of rotatable bonds is 4. The molecule has 0 aliphatic carbocycles. The van der Waals surface area contributed by atoms with Gasteiger partial charge < -0.3 is 9.80 Å². The highest BCUT2D eigenvalue weighted by atomic mass is 19.1. The topological polar surface area (TPSA) is 40.6 Å². The Hall–Kier alpha value is -2.76. The number of benzene rings is 2. The predicted octanol–water partition coefficient (Wildman–Crippen LogP) is 3.86. The van der Waals surface area contributed by atoms with Crippen molar-refractivity contribution >= 4 is 11.8 Å². The molecule has 148 valence electrons. The normalized spacial score (nSPS) is 17.8. The minimum atomic E-state index is -0.563. The van der Waals surface area contributed by atoms with E-state index in [4.69, 9.17) is 0 Å². The van der Waals surface area contributed by atoms with Gasteiger partial charge in [-0.15, -0.1) is 0 Å². The van der Waals surface area contributed by atoms with Crippen molar-refractivity contribution in [3.05, 3.63) is 71.3 Å². The fourth-order valence-corrected chi connectivity index (χ4v) is 3.53. The van der Waals surface area contributed by atoms with E-state index in [1.54, 1.807) is 34.1 Å². The zero-order chi connectivity index (χ0) is 20.3. The third kappa shape index (κ3) is 4.38. The summed E-state index contributed by atoms with van der Waals surface area (Å²) >= 11 is 0. The van der Waals surface area contributed by atoms with E-state index in [-0.39, 0.29) is 42.2 Å². The Kier molecular flexibility index (Phi) is 6.07. The van der Waals surface area contributed by atoms with Gasteiger partial charge in [0.2, 0.25) is 5.91 Å². The van der Waals surface area contributed by atoms with E-state index in [0.717, 1.165) is 5.56 Å². The van der Waals surface area contributed by atoms with Crippen LogP contribution in [0.4, 0.5) is 8.78 Å². The molecule has 0 saturated carbocycles. The van der Waals surface area contributed by atoms with Crippen molar-refractivity contribution in [2.45, 2.75) is 32.9 Å². The van der Waals surface area contributed by atoms with Gasteiger partial charge in [-0.2, -0.15) is 0 Å². The summed E-state index contributed by atoms with van der Waals surface area (Å²) in [6.07, 6.45) is 0.171. The average molecular weight is 386 g/mol. The lowest BCUT2D eigenvalue weighted by atomic mass is 10.0. The van der Waals surface area contributed by atoms with Gasteiger partial charge in [-0.3, -0.25) is 9.59 Å². The zero-order valence-corrected chi connectivity index (χ0v) is 16.1. The van der Waals surface area contributed by atoms with Crippen molar-refractivity contribution < 1.29 is 18.4 Å². The summed E-state index contributed by atoms with van der Waals surface area (Å²) in [6, 6.07) is 11.7. The van der Waals surface area contributed by atoms with Gasteiger partial charge in [0.05, 0.1) is 11.6 Å². The fraction of sp³-hybridized carbons (Fsp3) is 0.364. The molecule has 0 spiro atoms. The zero-order valence-electron chi connectivity index (χ0n) is 16.1. The lowest BCUT2D eigenvalue weighted by Gasteiger charge is -2.34. The smallest absolute Gasteiger partial charge is 0.256 e. The summed E-state index contributed by atoms with van der Waals surface area (Å²) < 4.78 is 27.3. The van der Waals surface area contributed by atoms with Crippen LogP contribution in [0, 0.1) is 17.6 Å². The van der Waals surface area contributed by atoms with Crippen LogP contribution in [0.2, 0.25) is 0 Å². The first kappa shape index (κ1) is 20.0. The highest BCUT2D eigenvalue weighted by molar-refractivity contribution is 5.95. The molecule has 0 aromatic heterocycles. The van der Waals surface area contributed by atoms with E-state index in [0.29, 0.717) is 13.1 Å².